The van der Waals surface area contributed by atoms with Crippen molar-refractivity contribution in [2.75, 3.05) is 18.7 Å². The Morgan fingerprint density at radius 2 is 1.67 bits per heavy atom. The van der Waals surface area contributed by atoms with Crippen LogP contribution >= 0.6 is 7.60 Å². The molecule has 5 unspecified atom stereocenters. The maximum atomic E-state index is 13.7. The molecule has 240 valence electrons. The number of imidazole rings is 1. The van der Waals surface area contributed by atoms with Crippen LogP contribution in [0, 0.1) is 0 Å². The fourth-order valence-corrected chi connectivity index (χ4v) is 6.80. The Morgan fingerprint density at radius 3 is 2.33 bits per heavy atom. The first kappa shape index (κ1) is 34.9. The van der Waals surface area contributed by atoms with Gasteiger partial charge in [0, 0.05) is 0 Å². The Labute approximate surface area is 252 Å². The SMILES string of the molecule is CCCCCCCCCCCCCCC(C)OC(CC)OP1(=O)COC(Cn2cnc3c(N)ncnc32)COC(C)O1. The normalized spacial score (nSPS) is 23.0. The van der Waals surface area contributed by atoms with Crippen molar-refractivity contribution in [3.05, 3.63) is 12.7 Å². The zero-order valence-corrected chi connectivity index (χ0v) is 27.1. The molecule has 1 saturated heterocycles. The molecule has 12 heteroatoms. The number of fused-ring (bicyclic) bond motifs is 1. The van der Waals surface area contributed by atoms with Crippen molar-refractivity contribution in [2.45, 2.75) is 149 Å². The maximum Gasteiger partial charge on any atom is 0.360 e. The van der Waals surface area contributed by atoms with Gasteiger partial charge in [0.15, 0.2) is 24.0 Å². The summed E-state index contributed by atoms with van der Waals surface area (Å²) >= 11 is 0. The first-order chi connectivity index (χ1) is 20.3. The molecule has 0 aromatic carbocycles. The summed E-state index contributed by atoms with van der Waals surface area (Å²) < 4.78 is 45.0. The molecule has 0 saturated carbocycles. The van der Waals surface area contributed by atoms with Crippen LogP contribution in [0.1, 0.15) is 118 Å². The average molecular weight is 612 g/mol. The van der Waals surface area contributed by atoms with E-state index >= 15 is 0 Å². The van der Waals surface area contributed by atoms with Gasteiger partial charge in [0.2, 0.25) is 0 Å². The van der Waals surface area contributed by atoms with Gasteiger partial charge in [-0.3, -0.25) is 13.6 Å². The maximum absolute atomic E-state index is 13.7. The molecule has 2 aromatic heterocycles. The zero-order chi connectivity index (χ0) is 30.2. The Bertz CT molecular complexity index is 1070. The van der Waals surface area contributed by atoms with E-state index in [4.69, 9.17) is 29.0 Å². The van der Waals surface area contributed by atoms with E-state index in [0.717, 1.165) is 12.8 Å². The quantitative estimate of drug-likeness (QED) is 0.0907. The van der Waals surface area contributed by atoms with Gasteiger partial charge < -0.3 is 24.5 Å². The van der Waals surface area contributed by atoms with E-state index in [1.54, 1.807) is 13.3 Å². The van der Waals surface area contributed by atoms with Crippen LogP contribution in [0.4, 0.5) is 5.82 Å². The molecule has 1 aliphatic heterocycles. The predicted octanol–water partition coefficient (Wildman–Crippen LogP) is 7.59. The molecule has 0 amide bonds. The van der Waals surface area contributed by atoms with Crippen LogP contribution in [0.3, 0.4) is 0 Å². The highest BCUT2D eigenvalue weighted by Gasteiger charge is 2.36. The van der Waals surface area contributed by atoms with Gasteiger partial charge in [0.1, 0.15) is 18.2 Å². The molecule has 3 rings (SSSR count). The molecule has 2 aromatic rings. The summed E-state index contributed by atoms with van der Waals surface area (Å²) in [4.78, 5) is 12.6. The summed E-state index contributed by atoms with van der Waals surface area (Å²) in [6.07, 6.45) is 18.3. The summed E-state index contributed by atoms with van der Waals surface area (Å²) in [5, 5.41) is 0. The van der Waals surface area contributed by atoms with Gasteiger partial charge in [-0.15, -0.1) is 0 Å². The lowest BCUT2D eigenvalue weighted by molar-refractivity contribution is -0.157. The van der Waals surface area contributed by atoms with E-state index in [2.05, 4.69) is 21.9 Å². The number of nitrogen functional groups attached to an aromatic ring is 1. The van der Waals surface area contributed by atoms with Crippen molar-refractivity contribution in [1.82, 2.24) is 19.5 Å². The second-order valence-electron chi connectivity index (χ2n) is 11.4. The highest BCUT2D eigenvalue weighted by atomic mass is 31.2. The third-order valence-electron chi connectivity index (χ3n) is 7.58. The first-order valence-corrected chi connectivity index (χ1v) is 17.8. The third kappa shape index (κ3) is 12.2. The zero-order valence-electron chi connectivity index (χ0n) is 26.2. The minimum Gasteiger partial charge on any atom is -0.382 e. The lowest BCUT2D eigenvalue weighted by atomic mass is 10.0. The van der Waals surface area contributed by atoms with Crippen LogP contribution in [0.25, 0.3) is 11.2 Å². The molecule has 0 bridgehead atoms. The van der Waals surface area contributed by atoms with E-state index in [9.17, 15) is 4.57 Å². The van der Waals surface area contributed by atoms with Gasteiger partial charge in [-0.2, -0.15) is 0 Å². The highest BCUT2D eigenvalue weighted by Crippen LogP contribution is 2.52. The second-order valence-corrected chi connectivity index (χ2v) is 13.3. The summed E-state index contributed by atoms with van der Waals surface area (Å²) in [5.41, 5.74) is 7.03. The minimum atomic E-state index is -3.65. The van der Waals surface area contributed by atoms with Crippen molar-refractivity contribution >= 4 is 24.6 Å². The standard InChI is InChI=1S/C30H54N5O6P/c1-5-7-8-9-10-11-12-13-14-15-16-17-18-24(3)39-27(6-2)41-42(36)23-38-26(20-37-25(4)40-42)19-35-22-34-28-29(31)32-21-33-30(28)35/h21-22,24-27H,5-20,23H2,1-4H3,(H2,31,32,33). The van der Waals surface area contributed by atoms with E-state index in [0.29, 0.717) is 29.9 Å². The summed E-state index contributed by atoms with van der Waals surface area (Å²) in [6.45, 7) is 8.58. The van der Waals surface area contributed by atoms with Crippen LogP contribution < -0.4 is 5.73 Å². The molecule has 11 nitrogen and oxygen atoms in total. The minimum absolute atomic E-state index is 0.00860. The molecule has 2 N–H and O–H groups in total. The number of hydrogen-bond donors (Lipinski definition) is 1. The number of nitrogens with zero attached hydrogens (tertiary/aromatic N) is 4. The van der Waals surface area contributed by atoms with E-state index in [1.165, 1.54) is 77.0 Å². The molecule has 1 fully saturated rings. The lowest BCUT2D eigenvalue weighted by Gasteiger charge is -2.32. The van der Waals surface area contributed by atoms with E-state index in [-0.39, 0.29) is 19.1 Å². The van der Waals surface area contributed by atoms with Gasteiger partial charge in [-0.05, 0) is 26.7 Å². The second kappa shape index (κ2) is 18.9. The Hall–Kier alpha value is -1.62. The molecule has 3 heterocycles. The van der Waals surface area contributed by atoms with Crippen molar-refractivity contribution < 1.29 is 27.8 Å². The Kier molecular flexibility index (Phi) is 15.7. The van der Waals surface area contributed by atoms with Crippen LogP contribution in [-0.4, -0.2) is 57.3 Å². The van der Waals surface area contributed by atoms with E-state index in [1.807, 2.05) is 18.4 Å². The van der Waals surface area contributed by atoms with Crippen LogP contribution in [0.2, 0.25) is 0 Å². The van der Waals surface area contributed by atoms with Gasteiger partial charge in [0.25, 0.3) is 0 Å². The molecule has 1 aliphatic rings. The third-order valence-corrected chi connectivity index (χ3v) is 9.22. The summed E-state index contributed by atoms with van der Waals surface area (Å²) in [5.74, 6) is 0.312. The van der Waals surface area contributed by atoms with E-state index < -0.39 is 26.3 Å². The Balaban J connectivity index is 1.37. The van der Waals surface area contributed by atoms with Gasteiger partial charge in [-0.25, -0.2) is 15.0 Å². The predicted molar refractivity (Wildman–Crippen MR) is 165 cm³/mol. The number of rotatable bonds is 20. The van der Waals surface area contributed by atoms with Gasteiger partial charge in [0.05, 0.1) is 31.7 Å². The molecule has 5 atom stereocenters. The topological polar surface area (TPSA) is 133 Å². The largest absolute Gasteiger partial charge is 0.382 e. The molecular formula is C30H54N5O6P. The molecular weight excluding hydrogens is 557 g/mol. The Morgan fingerprint density at radius 1 is 1.00 bits per heavy atom. The van der Waals surface area contributed by atoms with Gasteiger partial charge in [-0.1, -0.05) is 90.9 Å². The van der Waals surface area contributed by atoms with Crippen LogP contribution in [0.5, 0.6) is 0 Å². The number of unbranched alkanes of at least 4 members (excludes halogenated alkanes) is 11. The van der Waals surface area contributed by atoms with Crippen LogP contribution in [0.15, 0.2) is 12.7 Å². The number of ether oxygens (including phenoxy) is 3. The fraction of sp³-hybridized carbons (Fsp3) is 0.833. The molecule has 0 spiro atoms. The number of hydrogen-bond acceptors (Lipinski definition) is 10. The number of aromatic nitrogens is 4. The van der Waals surface area contributed by atoms with Crippen molar-refractivity contribution in [3.63, 3.8) is 0 Å². The molecule has 0 aliphatic carbocycles. The van der Waals surface area contributed by atoms with Crippen molar-refractivity contribution in [1.29, 1.82) is 0 Å². The monoisotopic (exact) mass is 611 g/mol. The van der Waals surface area contributed by atoms with Crippen molar-refractivity contribution in [2.24, 2.45) is 0 Å². The summed E-state index contributed by atoms with van der Waals surface area (Å²) in [7, 11) is -3.65. The molecule has 42 heavy (non-hydrogen) atoms. The smallest absolute Gasteiger partial charge is 0.360 e. The van der Waals surface area contributed by atoms with Gasteiger partial charge >= 0.3 is 7.60 Å². The number of nitrogens with two attached hydrogens (primary N) is 1. The summed E-state index contributed by atoms with van der Waals surface area (Å²) in [6, 6.07) is 0. The fourth-order valence-electron chi connectivity index (χ4n) is 5.16. The van der Waals surface area contributed by atoms with Crippen LogP contribution in [-0.2, 0) is 34.4 Å². The number of anilines is 1. The first-order valence-electron chi connectivity index (χ1n) is 16.1. The highest BCUT2D eigenvalue weighted by molar-refractivity contribution is 7.53. The lowest BCUT2D eigenvalue weighted by Crippen LogP contribution is -2.33. The molecule has 0 radical (unpaired) electrons. The van der Waals surface area contributed by atoms with Crippen molar-refractivity contribution in [3.8, 4) is 0 Å². The average Bonchev–Trinajstić information content (AvgIpc) is 3.38.